The van der Waals surface area contributed by atoms with E-state index < -0.39 is 33.5 Å². The number of ether oxygens (including phenoxy) is 3. The summed E-state index contributed by atoms with van der Waals surface area (Å²) in [6.07, 6.45) is -0.0812. The molecule has 2 fully saturated rings. The van der Waals surface area contributed by atoms with E-state index in [9.17, 15) is 22.4 Å². The van der Waals surface area contributed by atoms with Crippen molar-refractivity contribution >= 4 is 21.8 Å². The van der Waals surface area contributed by atoms with Gasteiger partial charge in [0.15, 0.2) is 21.4 Å². The van der Waals surface area contributed by atoms with Crippen LogP contribution in [0.3, 0.4) is 0 Å². The molecule has 11 heteroatoms. The second kappa shape index (κ2) is 11.5. The first-order chi connectivity index (χ1) is 18.3. The van der Waals surface area contributed by atoms with Gasteiger partial charge < -0.3 is 24.0 Å². The van der Waals surface area contributed by atoms with Crippen molar-refractivity contribution in [2.45, 2.75) is 69.0 Å². The van der Waals surface area contributed by atoms with E-state index in [0.717, 1.165) is 17.9 Å². The molecular formula is C28H35FN2O7S. The van der Waals surface area contributed by atoms with Gasteiger partial charge >= 0.3 is 6.09 Å². The van der Waals surface area contributed by atoms with Crippen molar-refractivity contribution in [1.29, 1.82) is 0 Å². The molecule has 2 heterocycles. The van der Waals surface area contributed by atoms with Crippen LogP contribution in [0.2, 0.25) is 0 Å². The Hall–Kier alpha value is -3.18. The summed E-state index contributed by atoms with van der Waals surface area (Å²) in [6, 6.07) is 12.7. The Morgan fingerprint density at radius 2 is 1.74 bits per heavy atom. The van der Waals surface area contributed by atoms with Crippen molar-refractivity contribution in [3.63, 3.8) is 0 Å². The van der Waals surface area contributed by atoms with Crippen molar-refractivity contribution in [2.24, 2.45) is 0 Å². The predicted octanol–water partition coefficient (Wildman–Crippen LogP) is 3.80. The number of nitrogens with zero attached hydrogens (tertiary/aromatic N) is 2. The maximum Gasteiger partial charge on any atom is 0.410 e. The molecule has 0 saturated carbocycles. The van der Waals surface area contributed by atoms with E-state index in [2.05, 4.69) is 0 Å². The highest BCUT2D eigenvalue weighted by Gasteiger charge is 2.47. The molecule has 0 aliphatic carbocycles. The number of benzene rings is 2. The number of halogens is 1. The molecule has 212 valence electrons. The molecule has 39 heavy (non-hydrogen) atoms. The summed E-state index contributed by atoms with van der Waals surface area (Å²) in [6.45, 7) is 6.79. The van der Waals surface area contributed by atoms with Crippen molar-refractivity contribution < 1.29 is 36.6 Å². The highest BCUT2D eigenvalue weighted by atomic mass is 32.2. The zero-order valence-electron chi connectivity index (χ0n) is 22.6. The normalized spacial score (nSPS) is 20.8. The van der Waals surface area contributed by atoms with E-state index in [1.807, 2.05) is 51.1 Å². The van der Waals surface area contributed by atoms with Crippen LogP contribution in [0.4, 0.5) is 9.18 Å². The molecule has 2 aromatic carbocycles. The minimum Gasteiger partial charge on any atom is -0.475 e. The third kappa shape index (κ3) is 7.27. The van der Waals surface area contributed by atoms with Crippen LogP contribution in [0.5, 0.6) is 5.75 Å². The van der Waals surface area contributed by atoms with Gasteiger partial charge in [-0.15, -0.1) is 0 Å². The lowest BCUT2D eigenvalue weighted by atomic mass is 10.0. The molecule has 2 amide bonds. The van der Waals surface area contributed by atoms with Crippen LogP contribution >= 0.6 is 0 Å². The summed E-state index contributed by atoms with van der Waals surface area (Å²) >= 11 is 0. The molecule has 0 bridgehead atoms. The summed E-state index contributed by atoms with van der Waals surface area (Å²) in [5, 5.41) is 0. The fourth-order valence-corrected chi connectivity index (χ4v) is 5.34. The summed E-state index contributed by atoms with van der Waals surface area (Å²) in [5.74, 6) is -1.44. The number of rotatable bonds is 7. The van der Waals surface area contributed by atoms with E-state index in [4.69, 9.17) is 14.2 Å². The number of piperidine rings is 1. The quantitative estimate of drug-likeness (QED) is 0.506. The first-order valence-corrected chi connectivity index (χ1v) is 14.8. The molecule has 0 aromatic heterocycles. The van der Waals surface area contributed by atoms with Gasteiger partial charge in [0.2, 0.25) is 6.10 Å². The highest BCUT2D eigenvalue weighted by molar-refractivity contribution is 7.90. The third-order valence-corrected chi connectivity index (χ3v) is 7.80. The molecule has 0 unspecified atom stereocenters. The van der Waals surface area contributed by atoms with Crippen LogP contribution < -0.4 is 4.74 Å². The van der Waals surface area contributed by atoms with E-state index in [1.165, 1.54) is 12.1 Å². The number of carbonyl (C=O) groups is 2. The molecule has 9 nitrogen and oxygen atoms in total. The molecule has 4 rings (SSSR count). The Morgan fingerprint density at radius 3 is 2.33 bits per heavy atom. The number of hydrogen-bond donors (Lipinski definition) is 0. The van der Waals surface area contributed by atoms with E-state index in [-0.39, 0.29) is 41.8 Å². The molecule has 0 spiro atoms. The second-order valence-electron chi connectivity index (χ2n) is 10.9. The SMILES string of the molecule is CC(C)(C)OC(=O)N1CCC(N2C[C@H](OCc3ccccc3)[C@H](Oc3ccc(S(C)(=O)=O)cc3F)C2=O)CC1. The molecule has 2 aromatic rings. The van der Waals surface area contributed by atoms with Crippen LogP contribution in [0, 0.1) is 5.82 Å². The van der Waals surface area contributed by atoms with E-state index in [0.29, 0.717) is 25.9 Å². The van der Waals surface area contributed by atoms with Crippen molar-refractivity contribution in [2.75, 3.05) is 25.9 Å². The van der Waals surface area contributed by atoms with Gasteiger partial charge in [0.25, 0.3) is 5.91 Å². The minimum absolute atomic E-state index is 0.148. The topological polar surface area (TPSA) is 102 Å². The predicted molar refractivity (Wildman–Crippen MR) is 141 cm³/mol. The zero-order valence-corrected chi connectivity index (χ0v) is 23.4. The molecule has 0 radical (unpaired) electrons. The lowest BCUT2D eigenvalue weighted by Crippen LogP contribution is -2.49. The molecular weight excluding hydrogens is 527 g/mol. The first kappa shape index (κ1) is 28.8. The van der Waals surface area contributed by atoms with Crippen LogP contribution in [-0.4, -0.2) is 80.0 Å². The molecule has 2 saturated heterocycles. The number of likely N-dealkylation sites (tertiary alicyclic amines) is 2. The third-order valence-electron chi connectivity index (χ3n) is 6.69. The largest absolute Gasteiger partial charge is 0.475 e. The van der Waals surface area contributed by atoms with Crippen LogP contribution in [0.25, 0.3) is 0 Å². The van der Waals surface area contributed by atoms with E-state index in [1.54, 1.807) is 9.80 Å². The van der Waals surface area contributed by atoms with Crippen LogP contribution in [-0.2, 0) is 30.7 Å². The maximum atomic E-state index is 14.8. The van der Waals surface area contributed by atoms with Gasteiger partial charge in [0.1, 0.15) is 11.7 Å². The van der Waals surface area contributed by atoms with Gasteiger partial charge in [-0.05, 0) is 57.4 Å². The molecule has 2 aliphatic heterocycles. The average molecular weight is 563 g/mol. The second-order valence-corrected chi connectivity index (χ2v) is 12.9. The van der Waals surface area contributed by atoms with Gasteiger partial charge in [-0.3, -0.25) is 4.79 Å². The van der Waals surface area contributed by atoms with Crippen molar-refractivity contribution in [3.8, 4) is 5.75 Å². The van der Waals surface area contributed by atoms with Crippen molar-refractivity contribution in [3.05, 3.63) is 59.9 Å². The summed E-state index contributed by atoms with van der Waals surface area (Å²) in [4.78, 5) is 29.2. The molecule has 2 atom stereocenters. The van der Waals surface area contributed by atoms with Gasteiger partial charge in [-0.1, -0.05) is 30.3 Å². The Kier molecular flexibility index (Phi) is 8.51. The highest BCUT2D eigenvalue weighted by Crippen LogP contribution is 2.30. The van der Waals surface area contributed by atoms with Gasteiger partial charge in [0, 0.05) is 25.4 Å². The van der Waals surface area contributed by atoms with Crippen LogP contribution in [0.1, 0.15) is 39.2 Å². The maximum absolute atomic E-state index is 14.8. The van der Waals surface area contributed by atoms with Gasteiger partial charge in [-0.2, -0.15) is 0 Å². The van der Waals surface area contributed by atoms with Gasteiger partial charge in [0.05, 0.1) is 18.0 Å². The Morgan fingerprint density at radius 1 is 1.08 bits per heavy atom. The fraction of sp³-hybridized carbons (Fsp3) is 0.500. The minimum atomic E-state index is -3.61. The molecule has 0 N–H and O–H groups in total. The number of carbonyl (C=O) groups excluding carboxylic acids is 2. The smallest absolute Gasteiger partial charge is 0.410 e. The Labute approximate surface area is 228 Å². The van der Waals surface area contributed by atoms with Crippen LogP contribution in [0.15, 0.2) is 53.4 Å². The lowest BCUT2D eigenvalue weighted by Gasteiger charge is -2.37. The Balaban J connectivity index is 1.48. The summed E-state index contributed by atoms with van der Waals surface area (Å²) < 4.78 is 55.8. The summed E-state index contributed by atoms with van der Waals surface area (Å²) in [5.41, 5.74) is 0.318. The average Bonchev–Trinajstić information content (AvgIpc) is 3.18. The number of amides is 2. The Bertz CT molecular complexity index is 1290. The monoisotopic (exact) mass is 562 g/mol. The summed E-state index contributed by atoms with van der Waals surface area (Å²) in [7, 11) is -3.61. The number of hydrogen-bond acceptors (Lipinski definition) is 7. The molecule has 2 aliphatic rings. The van der Waals surface area contributed by atoms with Crippen molar-refractivity contribution in [1.82, 2.24) is 9.80 Å². The first-order valence-electron chi connectivity index (χ1n) is 12.9. The zero-order chi connectivity index (χ0) is 28.4. The van der Waals surface area contributed by atoms with Gasteiger partial charge in [-0.25, -0.2) is 17.6 Å². The van der Waals surface area contributed by atoms with E-state index >= 15 is 0 Å². The standard InChI is InChI=1S/C28H35FN2O7S/c1-28(2,3)38-27(33)30-14-12-20(13-15-30)31-17-24(36-18-19-8-6-5-7-9-19)25(26(31)32)37-23-11-10-21(16-22(23)29)39(4,34)35/h5-11,16,20,24-25H,12-15,17-18H2,1-4H3/t24-,25-/m0/s1. The fourth-order valence-electron chi connectivity index (χ4n) is 4.71. The lowest BCUT2D eigenvalue weighted by molar-refractivity contribution is -0.137. The number of sulfone groups is 1.